The number of nitrogens with zero attached hydrogens (tertiary/aromatic N) is 3. The van der Waals surface area contributed by atoms with Crippen molar-refractivity contribution in [3.63, 3.8) is 0 Å². The highest BCUT2D eigenvalue weighted by atomic mass is 15.3. The Morgan fingerprint density at radius 1 is 1.19 bits per heavy atom. The fourth-order valence-electron chi connectivity index (χ4n) is 2.51. The van der Waals surface area contributed by atoms with Gasteiger partial charge < -0.3 is 10.2 Å². The van der Waals surface area contributed by atoms with E-state index in [9.17, 15) is 0 Å². The number of hydrogen-bond donors (Lipinski definition) is 3. The normalized spacial score (nSPS) is 11.9. The molecule has 2 aromatic rings. The summed E-state index contributed by atoms with van der Waals surface area (Å²) in [5.41, 5.74) is 3.52. The summed E-state index contributed by atoms with van der Waals surface area (Å²) in [5, 5.41) is 4.43. The minimum atomic E-state index is 0.131. The molecule has 4 N–H and O–H groups in total. The van der Waals surface area contributed by atoms with Crippen LogP contribution in [0, 0.1) is 5.41 Å². The predicted molar refractivity (Wildman–Crippen MR) is 88.2 cm³/mol. The van der Waals surface area contributed by atoms with Gasteiger partial charge in [0.1, 0.15) is 5.82 Å². The summed E-state index contributed by atoms with van der Waals surface area (Å²) < 4.78 is 0. The quantitative estimate of drug-likeness (QED) is 0.557. The molecule has 0 amide bonds. The summed E-state index contributed by atoms with van der Waals surface area (Å²) in [4.78, 5) is 11.0. The third kappa shape index (κ3) is 4.03. The zero-order valence-electron chi connectivity index (χ0n) is 13.1. The molecule has 0 aliphatic rings. The van der Waals surface area contributed by atoms with E-state index in [2.05, 4.69) is 53.6 Å². The molecule has 0 spiro atoms. The average molecular weight is 288 g/mol. The van der Waals surface area contributed by atoms with Crippen molar-refractivity contribution >= 4 is 22.7 Å². The lowest BCUT2D eigenvalue weighted by Gasteiger charge is -2.28. The molecule has 0 aliphatic heterocycles. The second-order valence-corrected chi connectivity index (χ2v) is 6.31. The van der Waals surface area contributed by atoms with Crippen LogP contribution in [0.2, 0.25) is 0 Å². The van der Waals surface area contributed by atoms with Crippen LogP contribution in [0.3, 0.4) is 0 Å². The van der Waals surface area contributed by atoms with Gasteiger partial charge in [0.15, 0.2) is 0 Å². The Kier molecular flexibility index (Phi) is 4.59. The molecule has 0 atom stereocenters. The zero-order valence-corrected chi connectivity index (χ0v) is 13.1. The van der Waals surface area contributed by atoms with Crippen LogP contribution >= 0.6 is 0 Å². The van der Waals surface area contributed by atoms with Gasteiger partial charge in [-0.1, -0.05) is 26.0 Å². The van der Waals surface area contributed by atoms with Crippen LogP contribution in [0.15, 0.2) is 24.3 Å². The predicted octanol–water partition coefficient (Wildman–Crippen LogP) is 1.92. The molecule has 0 fully saturated rings. The van der Waals surface area contributed by atoms with Gasteiger partial charge in [0.2, 0.25) is 5.95 Å². The Labute approximate surface area is 125 Å². The van der Waals surface area contributed by atoms with Crippen molar-refractivity contribution in [2.75, 3.05) is 37.9 Å². The number of fused-ring (bicyclic) bond motifs is 1. The number of nitrogens with one attached hydrogen (secondary N) is 2. The molecule has 6 nitrogen and oxygen atoms in total. The van der Waals surface area contributed by atoms with Gasteiger partial charge in [-0.05, 0) is 31.6 Å². The summed E-state index contributed by atoms with van der Waals surface area (Å²) in [6.45, 7) is 6.26. The monoisotopic (exact) mass is 288 g/mol. The fourth-order valence-corrected chi connectivity index (χ4v) is 2.51. The van der Waals surface area contributed by atoms with Gasteiger partial charge >= 0.3 is 0 Å². The molecule has 0 aliphatic carbocycles. The Bertz CT molecular complexity index is 608. The van der Waals surface area contributed by atoms with Crippen LogP contribution in [-0.2, 0) is 0 Å². The molecule has 1 aromatic carbocycles. The lowest BCUT2D eigenvalue weighted by atomic mass is 9.93. The minimum Gasteiger partial charge on any atom is -0.369 e. The van der Waals surface area contributed by atoms with Crippen molar-refractivity contribution in [2.24, 2.45) is 11.3 Å². The van der Waals surface area contributed by atoms with Gasteiger partial charge in [0.25, 0.3) is 0 Å². The van der Waals surface area contributed by atoms with E-state index >= 15 is 0 Å². The first-order chi connectivity index (χ1) is 9.91. The van der Waals surface area contributed by atoms with Gasteiger partial charge in [0.05, 0.1) is 5.52 Å². The molecule has 1 aromatic heterocycles. The molecule has 1 heterocycles. The number of nitrogens with two attached hydrogens (primary N) is 1. The molecule has 6 heteroatoms. The summed E-state index contributed by atoms with van der Waals surface area (Å²) in [5.74, 6) is 6.67. The zero-order chi connectivity index (χ0) is 15.5. The number of nitrogen functional groups attached to an aromatic ring is 1. The molecule has 21 heavy (non-hydrogen) atoms. The first-order valence-corrected chi connectivity index (χ1v) is 7.03. The number of rotatable bonds is 6. The van der Waals surface area contributed by atoms with Crippen molar-refractivity contribution in [1.82, 2.24) is 14.9 Å². The van der Waals surface area contributed by atoms with E-state index in [-0.39, 0.29) is 5.41 Å². The van der Waals surface area contributed by atoms with Crippen molar-refractivity contribution in [3.8, 4) is 0 Å². The van der Waals surface area contributed by atoms with E-state index < -0.39 is 0 Å². The Balaban J connectivity index is 2.25. The van der Waals surface area contributed by atoms with Crippen molar-refractivity contribution < 1.29 is 0 Å². The number of para-hydroxylation sites is 1. The summed E-state index contributed by atoms with van der Waals surface area (Å²) in [6.07, 6.45) is 0. The molecular formula is C15H24N6. The van der Waals surface area contributed by atoms with Crippen LogP contribution in [0.5, 0.6) is 0 Å². The average Bonchev–Trinajstić information content (AvgIpc) is 2.43. The van der Waals surface area contributed by atoms with Gasteiger partial charge in [-0.3, -0.25) is 5.43 Å². The summed E-state index contributed by atoms with van der Waals surface area (Å²) in [6, 6.07) is 7.90. The SMILES string of the molecule is CN(C)CC(C)(C)CNc1nc(NN)nc2ccccc12. The molecule has 0 bridgehead atoms. The fraction of sp³-hybridized carbons (Fsp3) is 0.467. The highest BCUT2D eigenvalue weighted by molar-refractivity contribution is 5.89. The van der Waals surface area contributed by atoms with Gasteiger partial charge in [-0.2, -0.15) is 4.98 Å². The maximum Gasteiger partial charge on any atom is 0.239 e. The van der Waals surface area contributed by atoms with Crippen LogP contribution < -0.4 is 16.6 Å². The molecular weight excluding hydrogens is 264 g/mol. The first-order valence-electron chi connectivity index (χ1n) is 7.03. The molecule has 0 unspecified atom stereocenters. The smallest absolute Gasteiger partial charge is 0.239 e. The lowest BCUT2D eigenvalue weighted by Crippen LogP contribution is -2.34. The van der Waals surface area contributed by atoms with E-state index in [1.165, 1.54) is 0 Å². The van der Waals surface area contributed by atoms with Crippen LogP contribution in [0.1, 0.15) is 13.8 Å². The van der Waals surface area contributed by atoms with E-state index in [1.807, 2.05) is 24.3 Å². The number of anilines is 2. The summed E-state index contributed by atoms with van der Waals surface area (Å²) in [7, 11) is 4.16. The van der Waals surface area contributed by atoms with E-state index in [0.717, 1.165) is 29.8 Å². The van der Waals surface area contributed by atoms with Crippen LogP contribution in [0.4, 0.5) is 11.8 Å². The van der Waals surface area contributed by atoms with Gasteiger partial charge in [-0.25, -0.2) is 10.8 Å². The van der Waals surface area contributed by atoms with Crippen LogP contribution in [-0.4, -0.2) is 42.1 Å². The Morgan fingerprint density at radius 3 is 2.57 bits per heavy atom. The number of aromatic nitrogens is 2. The van der Waals surface area contributed by atoms with Crippen molar-refractivity contribution in [2.45, 2.75) is 13.8 Å². The maximum atomic E-state index is 5.45. The minimum absolute atomic E-state index is 0.131. The second-order valence-electron chi connectivity index (χ2n) is 6.31. The molecule has 0 saturated heterocycles. The van der Waals surface area contributed by atoms with Crippen molar-refractivity contribution in [3.05, 3.63) is 24.3 Å². The van der Waals surface area contributed by atoms with Crippen LogP contribution in [0.25, 0.3) is 10.9 Å². The summed E-state index contributed by atoms with van der Waals surface area (Å²) >= 11 is 0. The number of benzene rings is 1. The number of hydrazine groups is 1. The molecule has 0 radical (unpaired) electrons. The second kappa shape index (κ2) is 6.24. The van der Waals surface area contributed by atoms with Gasteiger partial charge in [-0.15, -0.1) is 0 Å². The first kappa shape index (κ1) is 15.5. The van der Waals surface area contributed by atoms with E-state index in [1.54, 1.807) is 0 Å². The highest BCUT2D eigenvalue weighted by Crippen LogP contribution is 2.23. The maximum absolute atomic E-state index is 5.45. The topological polar surface area (TPSA) is 79.1 Å². The van der Waals surface area contributed by atoms with E-state index in [4.69, 9.17) is 5.84 Å². The lowest BCUT2D eigenvalue weighted by molar-refractivity contribution is 0.254. The third-order valence-corrected chi connectivity index (χ3v) is 3.21. The van der Waals surface area contributed by atoms with Crippen molar-refractivity contribution in [1.29, 1.82) is 0 Å². The largest absolute Gasteiger partial charge is 0.369 e. The Morgan fingerprint density at radius 2 is 1.90 bits per heavy atom. The molecule has 0 saturated carbocycles. The standard InChI is InChI=1S/C15H24N6/c1-15(2,10-21(3)4)9-17-13-11-7-5-6-8-12(11)18-14(19-13)20-16/h5-8H,9-10,16H2,1-4H3,(H2,17,18,19,20). The number of hydrogen-bond acceptors (Lipinski definition) is 6. The third-order valence-electron chi connectivity index (χ3n) is 3.21. The Hall–Kier alpha value is -1.92. The molecule has 114 valence electrons. The van der Waals surface area contributed by atoms with E-state index in [0.29, 0.717) is 5.95 Å². The van der Waals surface area contributed by atoms with Gasteiger partial charge in [0, 0.05) is 18.5 Å². The molecule has 2 rings (SSSR count). The highest BCUT2D eigenvalue weighted by Gasteiger charge is 2.19.